The minimum absolute atomic E-state index is 0.262. The molecule has 0 radical (unpaired) electrons. The van der Waals surface area contributed by atoms with Crippen molar-refractivity contribution in [3.63, 3.8) is 0 Å². The summed E-state index contributed by atoms with van der Waals surface area (Å²) in [6.45, 7) is 4.76. The van der Waals surface area contributed by atoms with Crippen molar-refractivity contribution < 1.29 is 12.6 Å². The molecule has 1 aliphatic heterocycles. The van der Waals surface area contributed by atoms with Crippen molar-refractivity contribution in [1.82, 2.24) is 15.5 Å². The monoisotopic (exact) mass is 392 g/mol. The third-order valence-corrected chi connectivity index (χ3v) is 8.35. The third kappa shape index (κ3) is 6.86. The summed E-state index contributed by atoms with van der Waals surface area (Å²) in [6, 6.07) is 0.320. The lowest BCUT2D eigenvalue weighted by atomic mass is 9.95. The van der Waals surface area contributed by atoms with Crippen LogP contribution in [0.3, 0.4) is 0 Å². The summed E-state index contributed by atoms with van der Waals surface area (Å²) in [4.78, 5) is 6.45. The van der Waals surface area contributed by atoms with Gasteiger partial charge in [0.25, 0.3) is 0 Å². The average Bonchev–Trinajstić information content (AvgIpc) is 2.61. The zero-order chi connectivity index (χ0) is 18.3. The van der Waals surface area contributed by atoms with Gasteiger partial charge in [0.1, 0.15) is 0 Å². The van der Waals surface area contributed by atoms with Crippen LogP contribution in [0, 0.1) is 0 Å². The smallest absolute Gasteiger partial charge is 0.191 e. The summed E-state index contributed by atoms with van der Waals surface area (Å²) >= 11 is 0. The number of rotatable bonds is 6. The molecule has 2 aliphatic rings. The molecule has 1 heterocycles. The Morgan fingerprint density at radius 1 is 1.28 bits per heavy atom. The third-order valence-electron chi connectivity index (χ3n) is 5.00. The van der Waals surface area contributed by atoms with Crippen molar-refractivity contribution in [1.29, 1.82) is 0 Å². The quantitative estimate of drug-likeness (QED) is 0.487. The van der Waals surface area contributed by atoms with Gasteiger partial charge in [0.05, 0.1) is 11.5 Å². The molecule has 0 amide bonds. The normalized spacial score (nSPS) is 29.1. The summed E-state index contributed by atoms with van der Waals surface area (Å²) in [7, 11) is -1.78. The molecule has 0 aromatic carbocycles. The Balaban J connectivity index is 1.71. The Morgan fingerprint density at radius 2 is 2.00 bits per heavy atom. The van der Waals surface area contributed by atoms with E-state index in [0.717, 1.165) is 50.5 Å². The maximum atomic E-state index is 12.0. The van der Waals surface area contributed by atoms with E-state index in [1.807, 2.05) is 6.92 Å². The second kappa shape index (κ2) is 9.87. The first-order valence-corrected chi connectivity index (χ1v) is 12.4. The molecule has 3 atom stereocenters. The van der Waals surface area contributed by atoms with Crippen molar-refractivity contribution in [2.45, 2.75) is 43.9 Å². The molecule has 1 aliphatic carbocycles. The average molecular weight is 393 g/mol. The zero-order valence-corrected chi connectivity index (χ0v) is 17.0. The predicted molar refractivity (Wildman–Crippen MR) is 104 cm³/mol. The van der Waals surface area contributed by atoms with Crippen molar-refractivity contribution in [2.24, 2.45) is 4.99 Å². The largest absolute Gasteiger partial charge is 0.355 e. The van der Waals surface area contributed by atoms with E-state index in [9.17, 15) is 12.6 Å². The predicted octanol–water partition coefficient (Wildman–Crippen LogP) is -0.0384. The van der Waals surface area contributed by atoms with Crippen LogP contribution in [0.25, 0.3) is 0 Å². The molecular formula is C16H32N4O3S2. The van der Waals surface area contributed by atoms with E-state index in [0.29, 0.717) is 24.4 Å². The van der Waals surface area contributed by atoms with E-state index in [-0.39, 0.29) is 11.5 Å². The number of aliphatic imine (C=N–C) groups is 1. The van der Waals surface area contributed by atoms with Crippen LogP contribution in [0.1, 0.15) is 32.6 Å². The van der Waals surface area contributed by atoms with E-state index in [1.165, 1.54) is 0 Å². The number of hydrogen-bond donors (Lipinski definition) is 2. The van der Waals surface area contributed by atoms with Gasteiger partial charge in [-0.05, 0) is 19.3 Å². The molecule has 9 heteroatoms. The Morgan fingerprint density at radius 3 is 2.64 bits per heavy atom. The first-order valence-electron chi connectivity index (χ1n) is 9.20. The van der Waals surface area contributed by atoms with Gasteiger partial charge in [0, 0.05) is 61.1 Å². The molecule has 0 aromatic rings. The Bertz CT molecular complexity index is 566. The van der Waals surface area contributed by atoms with Gasteiger partial charge < -0.3 is 10.6 Å². The summed E-state index contributed by atoms with van der Waals surface area (Å²) in [5.74, 6) is 2.03. The molecule has 2 rings (SSSR count). The maximum Gasteiger partial charge on any atom is 0.191 e. The fourth-order valence-electron chi connectivity index (χ4n) is 3.44. The number of sulfone groups is 1. The highest BCUT2D eigenvalue weighted by molar-refractivity contribution is 7.91. The van der Waals surface area contributed by atoms with Crippen molar-refractivity contribution in [3.8, 4) is 0 Å². The SMILES string of the molecule is CCS(=O)C1CCCC(NC(=NC)NCCN2CCS(=O)(=O)CC2)C1. The van der Waals surface area contributed by atoms with E-state index in [1.54, 1.807) is 7.05 Å². The number of guanidine groups is 1. The van der Waals surface area contributed by atoms with Gasteiger partial charge in [-0.15, -0.1) is 0 Å². The molecule has 146 valence electrons. The second-order valence-electron chi connectivity index (χ2n) is 6.79. The van der Waals surface area contributed by atoms with E-state index >= 15 is 0 Å². The summed E-state index contributed by atoms with van der Waals surface area (Å²) < 4.78 is 34.9. The van der Waals surface area contributed by atoms with Gasteiger partial charge in [0.2, 0.25) is 0 Å². The second-order valence-corrected chi connectivity index (χ2v) is 11.1. The summed E-state index contributed by atoms with van der Waals surface area (Å²) in [6.07, 6.45) is 4.18. The minimum Gasteiger partial charge on any atom is -0.355 e. The zero-order valence-electron chi connectivity index (χ0n) is 15.4. The van der Waals surface area contributed by atoms with Gasteiger partial charge in [-0.25, -0.2) is 8.42 Å². The van der Waals surface area contributed by atoms with E-state index in [2.05, 4.69) is 20.5 Å². The van der Waals surface area contributed by atoms with Crippen molar-refractivity contribution in [2.75, 3.05) is 50.5 Å². The Hall–Kier alpha value is -0.670. The number of nitrogens with one attached hydrogen (secondary N) is 2. The first kappa shape index (κ1) is 20.6. The van der Waals surface area contributed by atoms with Crippen molar-refractivity contribution >= 4 is 26.6 Å². The van der Waals surface area contributed by atoms with Crippen molar-refractivity contribution in [3.05, 3.63) is 0 Å². The highest BCUT2D eigenvalue weighted by Crippen LogP contribution is 2.22. The minimum atomic E-state index is -2.82. The number of nitrogens with zero attached hydrogens (tertiary/aromatic N) is 2. The fourth-order valence-corrected chi connectivity index (χ4v) is 6.07. The Labute approximate surface area is 154 Å². The first-order chi connectivity index (χ1) is 11.9. The van der Waals surface area contributed by atoms with Gasteiger partial charge in [-0.3, -0.25) is 14.1 Å². The van der Waals surface area contributed by atoms with Gasteiger partial charge >= 0.3 is 0 Å². The van der Waals surface area contributed by atoms with Crippen LogP contribution >= 0.6 is 0 Å². The lowest BCUT2D eigenvalue weighted by Crippen LogP contribution is -2.49. The molecule has 2 fully saturated rings. The molecule has 0 spiro atoms. The maximum absolute atomic E-state index is 12.0. The number of hydrogen-bond acceptors (Lipinski definition) is 5. The van der Waals surface area contributed by atoms with Crippen LogP contribution in [0.5, 0.6) is 0 Å². The van der Waals surface area contributed by atoms with Gasteiger partial charge in [-0.1, -0.05) is 13.3 Å². The van der Waals surface area contributed by atoms with Crippen LogP contribution in [0.2, 0.25) is 0 Å². The van der Waals surface area contributed by atoms with Gasteiger partial charge in [-0.2, -0.15) is 0 Å². The van der Waals surface area contributed by atoms with Crippen LogP contribution in [-0.2, 0) is 20.6 Å². The molecule has 2 N–H and O–H groups in total. The molecule has 3 unspecified atom stereocenters. The van der Waals surface area contributed by atoms with Crippen LogP contribution in [0.4, 0.5) is 0 Å². The van der Waals surface area contributed by atoms with E-state index in [4.69, 9.17) is 0 Å². The summed E-state index contributed by atoms with van der Waals surface area (Å²) in [5, 5.41) is 7.07. The fraction of sp³-hybridized carbons (Fsp3) is 0.938. The highest BCUT2D eigenvalue weighted by Gasteiger charge is 2.26. The highest BCUT2D eigenvalue weighted by atomic mass is 32.2. The molecule has 1 saturated heterocycles. The molecular weight excluding hydrogens is 360 g/mol. The molecule has 0 aromatic heterocycles. The lowest BCUT2D eigenvalue weighted by Gasteiger charge is -2.30. The van der Waals surface area contributed by atoms with Crippen LogP contribution in [-0.4, -0.2) is 85.3 Å². The molecule has 0 bridgehead atoms. The Kier molecular flexibility index (Phi) is 8.15. The standard InChI is InChI=1S/C16H32N4O3S2/c1-3-24(21)15-6-4-5-14(13-15)19-16(17-2)18-7-8-20-9-11-25(22,23)12-10-20/h14-15H,3-13H2,1-2H3,(H2,17,18,19). The lowest BCUT2D eigenvalue weighted by molar-refractivity contribution is 0.299. The summed E-state index contributed by atoms with van der Waals surface area (Å²) in [5.41, 5.74) is 0. The van der Waals surface area contributed by atoms with E-state index < -0.39 is 20.6 Å². The molecule has 25 heavy (non-hydrogen) atoms. The van der Waals surface area contributed by atoms with Crippen LogP contribution in [0.15, 0.2) is 4.99 Å². The van der Waals surface area contributed by atoms with Gasteiger partial charge in [0.15, 0.2) is 15.8 Å². The molecule has 7 nitrogen and oxygen atoms in total. The molecule has 1 saturated carbocycles. The van der Waals surface area contributed by atoms with Crippen LogP contribution < -0.4 is 10.6 Å². The topological polar surface area (TPSA) is 90.9 Å².